The number of halogens is 3. The van der Waals surface area contributed by atoms with Crippen LogP contribution in [-0.2, 0) is 11.4 Å². The Balaban J connectivity index is 1.54. The number of benzene rings is 3. The van der Waals surface area contributed by atoms with Crippen LogP contribution < -0.4 is 14.8 Å². The van der Waals surface area contributed by atoms with E-state index in [9.17, 15) is 4.79 Å². The maximum atomic E-state index is 12.5. The standard InChI is InChI=1S/C25H19BrCl2N2O3S/c1-14-3-7-18(8-4-14)29-25-30-24(31)23(34-25)10-16-9-21(32-2)22(12-19(16)26)33-13-15-5-6-17(27)11-20(15)28/h3-12H,13H2,1-2H3,(H,29,30,31)/b23-10+. The number of nitrogens with one attached hydrogen (secondary N) is 1. The molecule has 1 saturated heterocycles. The Hall–Kier alpha value is -2.45. The van der Waals surface area contributed by atoms with Crippen LogP contribution >= 0.6 is 50.9 Å². The largest absolute Gasteiger partial charge is 0.493 e. The molecule has 3 aromatic carbocycles. The van der Waals surface area contributed by atoms with Crippen molar-refractivity contribution in [2.24, 2.45) is 4.99 Å². The lowest BCUT2D eigenvalue weighted by atomic mass is 10.1. The maximum Gasteiger partial charge on any atom is 0.264 e. The zero-order chi connectivity index (χ0) is 24.2. The van der Waals surface area contributed by atoms with Gasteiger partial charge in [-0.05, 0) is 66.7 Å². The van der Waals surface area contributed by atoms with Gasteiger partial charge in [-0.15, -0.1) is 0 Å². The van der Waals surface area contributed by atoms with Gasteiger partial charge in [0, 0.05) is 20.1 Å². The number of nitrogens with zero attached hydrogens (tertiary/aromatic N) is 1. The van der Waals surface area contributed by atoms with Crippen molar-refractivity contribution in [1.82, 2.24) is 5.32 Å². The number of hydrogen-bond donors (Lipinski definition) is 1. The fourth-order valence-corrected chi connectivity index (χ4v) is 4.82. The van der Waals surface area contributed by atoms with Gasteiger partial charge < -0.3 is 14.8 Å². The van der Waals surface area contributed by atoms with E-state index in [4.69, 9.17) is 32.7 Å². The van der Waals surface area contributed by atoms with Crippen molar-refractivity contribution in [3.05, 3.63) is 90.7 Å². The van der Waals surface area contributed by atoms with Gasteiger partial charge in [-0.25, -0.2) is 4.99 Å². The smallest absolute Gasteiger partial charge is 0.264 e. The minimum Gasteiger partial charge on any atom is -0.493 e. The van der Waals surface area contributed by atoms with Crippen molar-refractivity contribution in [3.8, 4) is 11.5 Å². The molecule has 0 bridgehead atoms. The number of rotatable bonds is 6. The van der Waals surface area contributed by atoms with Crippen LogP contribution in [0, 0.1) is 6.92 Å². The van der Waals surface area contributed by atoms with Crippen LogP contribution in [0.5, 0.6) is 11.5 Å². The Morgan fingerprint density at radius 1 is 1.09 bits per heavy atom. The van der Waals surface area contributed by atoms with Gasteiger partial charge in [-0.1, -0.05) is 62.9 Å². The van der Waals surface area contributed by atoms with Gasteiger partial charge in [-0.3, -0.25) is 4.79 Å². The Morgan fingerprint density at radius 2 is 1.85 bits per heavy atom. The van der Waals surface area contributed by atoms with Crippen molar-refractivity contribution in [1.29, 1.82) is 0 Å². The van der Waals surface area contributed by atoms with E-state index in [1.54, 1.807) is 37.5 Å². The van der Waals surface area contributed by atoms with Crippen LogP contribution in [0.3, 0.4) is 0 Å². The fourth-order valence-electron chi connectivity index (χ4n) is 3.09. The SMILES string of the molecule is COc1cc(/C=C2/SC(=Nc3ccc(C)cc3)NC2=O)c(Br)cc1OCc1ccc(Cl)cc1Cl. The number of ether oxygens (including phenoxy) is 2. The summed E-state index contributed by atoms with van der Waals surface area (Å²) in [5.74, 6) is 0.851. The number of hydrogen-bond acceptors (Lipinski definition) is 5. The highest BCUT2D eigenvalue weighted by Gasteiger charge is 2.24. The predicted molar refractivity (Wildman–Crippen MR) is 143 cm³/mol. The summed E-state index contributed by atoms with van der Waals surface area (Å²) >= 11 is 17.1. The Bertz CT molecular complexity index is 1310. The van der Waals surface area contributed by atoms with E-state index in [2.05, 4.69) is 26.2 Å². The summed E-state index contributed by atoms with van der Waals surface area (Å²) in [5, 5.41) is 4.43. The summed E-state index contributed by atoms with van der Waals surface area (Å²) in [6.45, 7) is 2.26. The number of amides is 1. The quantitative estimate of drug-likeness (QED) is 0.307. The third-order valence-corrected chi connectivity index (χ3v) is 7.07. The van der Waals surface area contributed by atoms with Gasteiger partial charge in [-0.2, -0.15) is 0 Å². The molecule has 1 aliphatic rings. The second-order valence-electron chi connectivity index (χ2n) is 7.37. The summed E-state index contributed by atoms with van der Waals surface area (Å²) < 4.78 is 12.2. The van der Waals surface area contributed by atoms with Crippen molar-refractivity contribution < 1.29 is 14.3 Å². The zero-order valence-electron chi connectivity index (χ0n) is 18.2. The van der Waals surface area contributed by atoms with Crippen molar-refractivity contribution in [2.45, 2.75) is 13.5 Å². The topological polar surface area (TPSA) is 59.9 Å². The molecule has 0 aliphatic carbocycles. The van der Waals surface area contributed by atoms with Crippen LogP contribution in [0.1, 0.15) is 16.7 Å². The molecule has 34 heavy (non-hydrogen) atoms. The van der Waals surface area contributed by atoms with Gasteiger partial charge in [0.25, 0.3) is 5.91 Å². The molecule has 1 N–H and O–H groups in total. The molecule has 9 heteroatoms. The monoisotopic (exact) mass is 576 g/mol. The molecular weight excluding hydrogens is 559 g/mol. The van der Waals surface area contributed by atoms with Crippen molar-refractivity contribution >= 4 is 73.7 Å². The van der Waals surface area contributed by atoms with Crippen molar-refractivity contribution in [3.63, 3.8) is 0 Å². The summed E-state index contributed by atoms with van der Waals surface area (Å²) in [6, 6.07) is 16.6. The lowest BCUT2D eigenvalue weighted by Crippen LogP contribution is -2.19. The van der Waals surface area contributed by atoms with Gasteiger partial charge in [0.05, 0.1) is 17.7 Å². The molecule has 1 fully saturated rings. The molecule has 0 atom stereocenters. The number of carbonyl (C=O) groups excluding carboxylic acids is 1. The number of methoxy groups -OCH3 is 1. The lowest BCUT2D eigenvalue weighted by Gasteiger charge is -2.14. The number of thioether (sulfide) groups is 1. The van der Waals surface area contributed by atoms with E-state index < -0.39 is 0 Å². The summed E-state index contributed by atoms with van der Waals surface area (Å²) in [7, 11) is 1.56. The summed E-state index contributed by atoms with van der Waals surface area (Å²) in [4.78, 5) is 17.5. The summed E-state index contributed by atoms with van der Waals surface area (Å²) in [5.41, 5.74) is 3.49. The van der Waals surface area contributed by atoms with Crippen LogP contribution in [-0.4, -0.2) is 18.2 Å². The minimum atomic E-state index is -0.209. The van der Waals surface area contributed by atoms with E-state index in [0.717, 1.165) is 26.9 Å². The molecule has 5 nitrogen and oxygen atoms in total. The van der Waals surface area contributed by atoms with Crippen molar-refractivity contribution in [2.75, 3.05) is 7.11 Å². The molecule has 1 aliphatic heterocycles. The second kappa shape index (κ2) is 10.9. The third-order valence-electron chi connectivity index (χ3n) is 4.88. The fraction of sp³-hybridized carbons (Fsp3) is 0.120. The van der Waals surface area contributed by atoms with Gasteiger partial charge in [0.2, 0.25) is 0 Å². The average molecular weight is 578 g/mol. The van der Waals surface area contributed by atoms with E-state index in [1.165, 1.54) is 11.8 Å². The first-order valence-corrected chi connectivity index (χ1v) is 12.5. The maximum absolute atomic E-state index is 12.5. The molecule has 0 saturated carbocycles. The minimum absolute atomic E-state index is 0.209. The van der Waals surface area contributed by atoms with Gasteiger partial charge >= 0.3 is 0 Å². The third kappa shape index (κ3) is 5.96. The number of aryl methyl sites for hydroxylation is 1. The first kappa shape index (κ1) is 24.7. The zero-order valence-corrected chi connectivity index (χ0v) is 22.1. The first-order valence-electron chi connectivity index (χ1n) is 10.1. The number of carbonyl (C=O) groups is 1. The summed E-state index contributed by atoms with van der Waals surface area (Å²) in [6.07, 6.45) is 1.78. The Morgan fingerprint density at radius 3 is 2.56 bits per heavy atom. The highest BCUT2D eigenvalue weighted by molar-refractivity contribution is 9.10. The second-order valence-corrected chi connectivity index (χ2v) is 10.1. The normalized spacial score (nSPS) is 15.6. The molecule has 174 valence electrons. The molecular formula is C25H19BrCl2N2O3S. The average Bonchev–Trinajstić information content (AvgIpc) is 3.14. The molecule has 3 aromatic rings. The van der Waals surface area contributed by atoms with Gasteiger partial charge in [0.15, 0.2) is 16.7 Å². The van der Waals surface area contributed by atoms with Crippen LogP contribution in [0.15, 0.2) is 69.0 Å². The molecule has 0 radical (unpaired) electrons. The molecule has 0 aromatic heterocycles. The molecule has 4 rings (SSSR count). The number of aliphatic imine (C=N–C) groups is 1. The van der Waals surface area contributed by atoms with E-state index in [1.807, 2.05) is 37.3 Å². The lowest BCUT2D eigenvalue weighted by molar-refractivity contribution is -0.115. The first-order chi connectivity index (χ1) is 16.3. The van der Waals surface area contributed by atoms with Crippen LogP contribution in [0.4, 0.5) is 5.69 Å². The molecule has 1 amide bonds. The highest BCUT2D eigenvalue weighted by Crippen LogP contribution is 2.37. The Labute approximate surface area is 220 Å². The number of amidine groups is 1. The van der Waals surface area contributed by atoms with Crippen LogP contribution in [0.2, 0.25) is 10.0 Å². The molecule has 0 spiro atoms. The highest BCUT2D eigenvalue weighted by atomic mass is 79.9. The van der Waals surface area contributed by atoms with Gasteiger partial charge in [0.1, 0.15) is 6.61 Å². The van der Waals surface area contributed by atoms with E-state index in [-0.39, 0.29) is 12.5 Å². The Kier molecular flexibility index (Phi) is 7.88. The molecule has 1 heterocycles. The van der Waals surface area contributed by atoms with Crippen LogP contribution in [0.25, 0.3) is 6.08 Å². The van der Waals surface area contributed by atoms with E-state index >= 15 is 0 Å². The molecule has 0 unspecified atom stereocenters. The van der Waals surface area contributed by atoms with E-state index in [0.29, 0.717) is 31.6 Å². The predicted octanol–water partition coefficient (Wildman–Crippen LogP) is 7.54.